The third kappa shape index (κ3) is 6.95. The Hall–Kier alpha value is -2.50. The Balaban J connectivity index is 1.33. The number of aromatic nitrogens is 2. The van der Waals surface area contributed by atoms with Crippen LogP contribution >= 0.6 is 11.6 Å². The maximum atomic E-state index is 14.4. The number of nitrogens with zero attached hydrogens (tertiary/aromatic N) is 5. The Morgan fingerprint density at radius 3 is 2.60 bits per heavy atom. The van der Waals surface area contributed by atoms with Crippen LogP contribution in [0, 0.1) is 11.3 Å². The first-order chi connectivity index (χ1) is 21.5. The van der Waals surface area contributed by atoms with Crippen LogP contribution in [0.4, 0.5) is 10.6 Å². The molecule has 2 spiro atoms. The third-order valence-electron chi connectivity index (χ3n) is 10.2. The van der Waals surface area contributed by atoms with Gasteiger partial charge >= 0.3 is 6.09 Å². The van der Waals surface area contributed by atoms with E-state index >= 15 is 0 Å². The molecule has 1 N–H and O–H groups in total. The number of carbonyl (C=O) groups excluding carboxylic acids is 2. The van der Waals surface area contributed by atoms with Crippen LogP contribution in [0.1, 0.15) is 111 Å². The summed E-state index contributed by atoms with van der Waals surface area (Å²) in [7, 11) is 0. The lowest BCUT2D eigenvalue weighted by atomic mass is 9.57. The van der Waals surface area contributed by atoms with E-state index in [9.17, 15) is 14.8 Å². The van der Waals surface area contributed by atoms with Gasteiger partial charge in [0.15, 0.2) is 17.4 Å². The lowest BCUT2D eigenvalue weighted by Crippen LogP contribution is -2.60. The van der Waals surface area contributed by atoms with E-state index in [4.69, 9.17) is 30.8 Å². The first kappa shape index (κ1) is 33.9. The summed E-state index contributed by atoms with van der Waals surface area (Å²) in [6.45, 7) is 10.7. The number of anilines is 1. The number of rotatable bonds is 8. The molecule has 0 radical (unpaired) electrons. The fourth-order valence-electron chi connectivity index (χ4n) is 7.93. The molecule has 3 heterocycles. The van der Waals surface area contributed by atoms with Gasteiger partial charge in [-0.15, -0.1) is 0 Å². The topological polar surface area (TPSA) is 127 Å². The number of ether oxygens (including phenoxy) is 3. The average molecular weight is 648 g/mol. The SMILES string of the molecule is CCCCCC(C)(C)OC(=O)N1CCCN(c2cc(Cl)nc(/C(=N/O)C3CCC[C@@]4(CCCCC45OCCO5)C3=O)n2)[C@@H](C)C1. The first-order valence-electron chi connectivity index (χ1n) is 16.9. The van der Waals surface area contributed by atoms with Crippen LogP contribution in [-0.4, -0.2) is 87.9 Å². The maximum absolute atomic E-state index is 14.4. The van der Waals surface area contributed by atoms with E-state index in [0.717, 1.165) is 44.9 Å². The lowest BCUT2D eigenvalue weighted by molar-refractivity contribution is -0.255. The first-order valence-corrected chi connectivity index (χ1v) is 17.3. The molecule has 11 nitrogen and oxygen atoms in total. The zero-order chi connectivity index (χ0) is 32.2. The fraction of sp³-hybridized carbons (Fsp3) is 0.788. The predicted molar refractivity (Wildman–Crippen MR) is 171 cm³/mol. The largest absolute Gasteiger partial charge is 0.443 e. The standard InChI is InChI=1S/C33H50ClN5O6/c1-5-6-7-13-31(3,4)45-30(41)38-17-11-18-39(23(2)22-38)26-21-25(34)35-29(36-26)27(37-42)24-12-10-15-32(28(24)40)14-8-9-16-33(32)43-19-20-44-33/h21,23-24,42H,5-20,22H2,1-4H3/b37-27+/t23-,24?,32-/m0/s1. The van der Waals surface area contributed by atoms with Crippen LogP contribution in [-0.2, 0) is 19.0 Å². The number of hydrogen-bond acceptors (Lipinski definition) is 10. The Morgan fingerprint density at radius 1 is 1.13 bits per heavy atom. The van der Waals surface area contributed by atoms with Crippen LogP contribution < -0.4 is 4.90 Å². The second-order valence-electron chi connectivity index (χ2n) is 13.8. The van der Waals surface area contributed by atoms with E-state index in [1.807, 2.05) is 20.8 Å². The Bertz CT molecular complexity index is 1250. The zero-order valence-electron chi connectivity index (χ0n) is 27.4. The van der Waals surface area contributed by atoms with Gasteiger partial charge in [0.2, 0.25) is 0 Å². The summed E-state index contributed by atoms with van der Waals surface area (Å²) in [4.78, 5) is 40.7. The van der Waals surface area contributed by atoms with Gasteiger partial charge in [-0.2, -0.15) is 0 Å². The van der Waals surface area contributed by atoms with Crippen molar-refractivity contribution in [2.24, 2.45) is 16.5 Å². The molecule has 1 aromatic rings. The predicted octanol–water partition coefficient (Wildman–Crippen LogP) is 6.38. The molecule has 0 bridgehead atoms. The Labute approximate surface area is 272 Å². The van der Waals surface area contributed by atoms with Gasteiger partial charge in [0.05, 0.1) is 24.5 Å². The molecular weight excluding hydrogens is 598 g/mol. The lowest BCUT2D eigenvalue weighted by Gasteiger charge is -2.52. The summed E-state index contributed by atoms with van der Waals surface area (Å²) in [6.07, 6.45) is 9.68. The molecule has 1 amide bonds. The molecule has 2 aliphatic heterocycles. The molecule has 12 heteroatoms. The van der Waals surface area contributed by atoms with Crippen molar-refractivity contribution in [2.75, 3.05) is 37.7 Å². The molecule has 2 aliphatic carbocycles. The quantitative estimate of drug-likeness (QED) is 0.112. The number of fused-ring (bicyclic) bond motifs is 1. The smallest absolute Gasteiger partial charge is 0.410 e. The van der Waals surface area contributed by atoms with E-state index < -0.39 is 22.7 Å². The number of hydrogen-bond donors (Lipinski definition) is 1. The zero-order valence-corrected chi connectivity index (χ0v) is 28.1. The van der Waals surface area contributed by atoms with Crippen LogP contribution in [0.5, 0.6) is 0 Å². The van der Waals surface area contributed by atoms with Crippen LogP contribution in [0.15, 0.2) is 11.2 Å². The normalized spacial score (nSPS) is 27.7. The van der Waals surface area contributed by atoms with Gasteiger partial charge < -0.3 is 29.2 Å². The molecule has 45 heavy (non-hydrogen) atoms. The summed E-state index contributed by atoms with van der Waals surface area (Å²) in [5.74, 6) is -0.951. The Kier molecular flexibility index (Phi) is 10.6. The van der Waals surface area contributed by atoms with Crippen molar-refractivity contribution in [3.8, 4) is 0 Å². The molecule has 0 aromatic carbocycles. The summed E-state index contributed by atoms with van der Waals surface area (Å²) in [6, 6.07) is 1.58. The summed E-state index contributed by atoms with van der Waals surface area (Å²) in [5, 5.41) is 14.1. The van der Waals surface area contributed by atoms with E-state index in [1.165, 1.54) is 0 Å². The van der Waals surface area contributed by atoms with Gasteiger partial charge in [0.25, 0.3) is 0 Å². The minimum atomic E-state index is -0.916. The minimum absolute atomic E-state index is 0.0248. The number of ketones is 1. The number of carbonyl (C=O) groups is 2. The molecule has 4 fully saturated rings. The van der Waals surface area contributed by atoms with Gasteiger partial charge in [-0.3, -0.25) is 4.79 Å². The van der Waals surface area contributed by atoms with Gasteiger partial charge in [-0.05, 0) is 65.7 Å². The number of Topliss-reactive ketones (excluding diaryl/α,β-unsaturated/α-hetero) is 1. The second-order valence-corrected chi connectivity index (χ2v) is 14.2. The highest BCUT2D eigenvalue weighted by atomic mass is 35.5. The Morgan fingerprint density at radius 2 is 1.87 bits per heavy atom. The van der Waals surface area contributed by atoms with Crippen molar-refractivity contribution in [3.05, 3.63) is 17.0 Å². The molecule has 2 saturated heterocycles. The summed E-state index contributed by atoms with van der Waals surface area (Å²) >= 11 is 6.55. The van der Waals surface area contributed by atoms with E-state index in [1.54, 1.807) is 11.0 Å². The molecule has 4 aliphatic rings. The second kappa shape index (κ2) is 14.1. The minimum Gasteiger partial charge on any atom is -0.443 e. The monoisotopic (exact) mass is 647 g/mol. The van der Waals surface area contributed by atoms with Crippen molar-refractivity contribution < 1.29 is 29.0 Å². The highest BCUT2D eigenvalue weighted by Crippen LogP contribution is 2.56. The number of amides is 1. The van der Waals surface area contributed by atoms with Gasteiger partial charge in [-0.1, -0.05) is 49.4 Å². The highest BCUT2D eigenvalue weighted by Gasteiger charge is 2.63. The van der Waals surface area contributed by atoms with E-state index in [-0.39, 0.29) is 34.6 Å². The van der Waals surface area contributed by atoms with Crippen molar-refractivity contribution in [1.29, 1.82) is 0 Å². The third-order valence-corrected chi connectivity index (χ3v) is 10.4. The van der Waals surface area contributed by atoms with Crippen molar-refractivity contribution in [3.63, 3.8) is 0 Å². The molecule has 250 valence electrons. The van der Waals surface area contributed by atoms with Gasteiger partial charge in [0, 0.05) is 38.2 Å². The molecule has 3 atom stereocenters. The van der Waals surface area contributed by atoms with E-state index in [2.05, 4.69) is 22.0 Å². The van der Waals surface area contributed by atoms with Crippen LogP contribution in [0.2, 0.25) is 5.15 Å². The van der Waals surface area contributed by atoms with Crippen LogP contribution in [0.3, 0.4) is 0 Å². The number of halogens is 1. The van der Waals surface area contributed by atoms with Gasteiger partial charge in [0.1, 0.15) is 22.3 Å². The van der Waals surface area contributed by atoms with Crippen LogP contribution in [0.25, 0.3) is 0 Å². The molecule has 1 aromatic heterocycles. The summed E-state index contributed by atoms with van der Waals surface area (Å²) in [5.41, 5.74) is -1.19. The van der Waals surface area contributed by atoms with E-state index in [0.29, 0.717) is 70.8 Å². The maximum Gasteiger partial charge on any atom is 0.410 e. The molecule has 2 saturated carbocycles. The number of oxime groups is 1. The number of unbranched alkanes of at least 4 members (excludes halogenated alkanes) is 2. The molecular formula is C33H50ClN5O6. The van der Waals surface area contributed by atoms with Gasteiger partial charge in [-0.25, -0.2) is 14.8 Å². The average Bonchev–Trinajstić information content (AvgIpc) is 3.38. The molecule has 5 rings (SSSR count). The fourth-order valence-corrected chi connectivity index (χ4v) is 8.11. The van der Waals surface area contributed by atoms with Crippen molar-refractivity contribution in [2.45, 2.75) is 122 Å². The molecule has 1 unspecified atom stereocenters. The van der Waals surface area contributed by atoms with Crippen molar-refractivity contribution in [1.82, 2.24) is 14.9 Å². The highest BCUT2D eigenvalue weighted by molar-refractivity contribution is 6.30. The van der Waals surface area contributed by atoms with Crippen molar-refractivity contribution >= 4 is 35.0 Å². The summed E-state index contributed by atoms with van der Waals surface area (Å²) < 4.78 is 18.3.